The lowest BCUT2D eigenvalue weighted by Gasteiger charge is -2.43. The van der Waals surface area contributed by atoms with E-state index >= 15 is 0 Å². The first kappa shape index (κ1) is 24.8. The molecule has 3 aromatic rings. The van der Waals surface area contributed by atoms with E-state index in [9.17, 15) is 14.4 Å². The van der Waals surface area contributed by atoms with E-state index in [-0.39, 0.29) is 30.2 Å². The number of nitrogens with one attached hydrogen (secondary N) is 2. The number of nitrogens with zero attached hydrogens (tertiary/aromatic N) is 1. The minimum absolute atomic E-state index is 0.189. The topological polar surface area (TPSA) is 87.7 Å². The second-order valence-corrected chi connectivity index (χ2v) is 11.3. The maximum absolute atomic E-state index is 14.9. The summed E-state index contributed by atoms with van der Waals surface area (Å²) in [6.07, 6.45) is 3.17. The number of hydrogen-bond donors (Lipinski definition) is 2. The molecule has 0 bridgehead atoms. The number of rotatable bonds is 5. The highest BCUT2D eigenvalue weighted by molar-refractivity contribution is 6.21. The Hall–Kier alpha value is -4.23. The number of Topliss-reactive ketones (excluding diaryl/α,β-unsaturated/α-hetero) is 1. The first-order chi connectivity index (χ1) is 19.4. The molecule has 7 heteroatoms. The van der Waals surface area contributed by atoms with Crippen LogP contribution in [0.1, 0.15) is 45.5 Å². The van der Waals surface area contributed by atoms with E-state index in [4.69, 9.17) is 4.74 Å². The van der Waals surface area contributed by atoms with Crippen LogP contribution < -0.4 is 15.4 Å². The van der Waals surface area contributed by atoms with Crippen molar-refractivity contribution >= 4 is 29.0 Å². The third kappa shape index (κ3) is 2.85. The molecular weight excluding hydrogens is 502 g/mol. The average molecular weight is 534 g/mol. The third-order valence-electron chi connectivity index (χ3n) is 9.34. The van der Waals surface area contributed by atoms with Crippen LogP contribution in [0.5, 0.6) is 5.75 Å². The van der Waals surface area contributed by atoms with Crippen LogP contribution in [0.2, 0.25) is 0 Å². The van der Waals surface area contributed by atoms with E-state index in [0.29, 0.717) is 35.5 Å². The summed E-state index contributed by atoms with van der Waals surface area (Å²) in [7, 11) is 0. The van der Waals surface area contributed by atoms with Crippen LogP contribution in [-0.2, 0) is 20.5 Å². The molecule has 0 aromatic heterocycles. The zero-order chi connectivity index (χ0) is 27.8. The van der Waals surface area contributed by atoms with Gasteiger partial charge >= 0.3 is 0 Å². The summed E-state index contributed by atoms with van der Waals surface area (Å²) < 4.78 is 5.92. The first-order valence-electron chi connectivity index (χ1n) is 13.8. The first-order valence-corrected chi connectivity index (χ1v) is 13.8. The van der Waals surface area contributed by atoms with Gasteiger partial charge in [0, 0.05) is 23.0 Å². The summed E-state index contributed by atoms with van der Waals surface area (Å²) in [6.45, 7) is 8.58. The van der Waals surface area contributed by atoms with Gasteiger partial charge in [-0.25, -0.2) is 0 Å². The van der Waals surface area contributed by atoms with Crippen LogP contribution in [0.4, 0.5) is 11.4 Å². The molecule has 202 valence electrons. The fourth-order valence-corrected chi connectivity index (χ4v) is 8.15. The number of ketones is 1. The molecule has 2 spiro atoms. The smallest absolute Gasteiger partial charge is 0.251 e. The molecule has 3 aromatic carbocycles. The number of amides is 2. The van der Waals surface area contributed by atoms with Gasteiger partial charge in [0.05, 0.1) is 11.5 Å². The normalized spacial score (nSPS) is 27.9. The molecule has 4 atom stereocenters. The molecule has 7 nitrogen and oxygen atoms in total. The van der Waals surface area contributed by atoms with Crippen LogP contribution >= 0.6 is 0 Å². The quantitative estimate of drug-likeness (QED) is 0.361. The Bertz CT molecular complexity index is 1630. The number of hydrogen-bond acceptors (Lipinski definition) is 5. The lowest BCUT2D eigenvalue weighted by atomic mass is 9.57. The predicted octanol–water partition coefficient (Wildman–Crippen LogP) is 4.88. The van der Waals surface area contributed by atoms with Crippen molar-refractivity contribution in [2.45, 2.75) is 43.7 Å². The van der Waals surface area contributed by atoms with Crippen LogP contribution in [0.15, 0.2) is 73.3 Å². The Balaban J connectivity index is 1.57. The van der Waals surface area contributed by atoms with Gasteiger partial charge in [0.2, 0.25) is 5.91 Å². The Morgan fingerprint density at radius 3 is 2.65 bits per heavy atom. The largest absolute Gasteiger partial charge is 0.489 e. The van der Waals surface area contributed by atoms with Crippen molar-refractivity contribution in [1.82, 2.24) is 4.90 Å². The number of para-hydroxylation sites is 2. The van der Waals surface area contributed by atoms with E-state index in [2.05, 4.69) is 22.1 Å². The molecule has 4 aliphatic rings. The molecule has 2 fully saturated rings. The fourth-order valence-electron chi connectivity index (χ4n) is 8.15. The second kappa shape index (κ2) is 8.63. The van der Waals surface area contributed by atoms with Crippen molar-refractivity contribution in [3.8, 4) is 5.75 Å². The highest BCUT2D eigenvalue weighted by Crippen LogP contribution is 2.68. The van der Waals surface area contributed by atoms with Crippen LogP contribution in [0, 0.1) is 19.8 Å². The van der Waals surface area contributed by atoms with Gasteiger partial charge in [-0.2, -0.15) is 0 Å². The van der Waals surface area contributed by atoms with Crippen molar-refractivity contribution in [2.24, 2.45) is 5.92 Å². The standard InChI is InChI=1S/C33H31N3O4/c1-4-16-40-26-14-8-5-10-21(26)29(37)27-25-13-9-15-36(25)33(23-18-19(2)17-20(3)28(23)35-31(33)39)32(27)22-11-6-7-12-24(22)34-30(32)38/h4-8,10-12,14,17-18,25,27H,1,9,13,15-16H2,2-3H3,(H,34,38)(H,35,39)/t25-,27+,32+,33-/m1/s1. The maximum Gasteiger partial charge on any atom is 0.251 e. The highest BCUT2D eigenvalue weighted by atomic mass is 16.5. The van der Waals surface area contributed by atoms with E-state index < -0.39 is 16.9 Å². The van der Waals surface area contributed by atoms with Gasteiger partial charge in [0.15, 0.2) is 5.78 Å². The predicted molar refractivity (Wildman–Crippen MR) is 153 cm³/mol. The number of carbonyl (C=O) groups excluding carboxylic acids is 3. The molecule has 0 saturated carbocycles. The van der Waals surface area contributed by atoms with Crippen molar-refractivity contribution in [3.05, 3.63) is 101 Å². The number of aryl methyl sites for hydroxylation is 2. The van der Waals surface area contributed by atoms with Crippen LogP contribution in [0.25, 0.3) is 0 Å². The molecule has 4 heterocycles. The van der Waals surface area contributed by atoms with E-state index in [0.717, 1.165) is 28.8 Å². The van der Waals surface area contributed by atoms with Gasteiger partial charge in [-0.3, -0.25) is 19.3 Å². The minimum atomic E-state index is -1.48. The number of fused-ring (bicyclic) bond motifs is 7. The zero-order valence-electron chi connectivity index (χ0n) is 22.6. The number of carbonyl (C=O) groups is 3. The third-order valence-corrected chi connectivity index (χ3v) is 9.34. The zero-order valence-corrected chi connectivity index (χ0v) is 22.6. The Morgan fingerprint density at radius 2 is 1.82 bits per heavy atom. The highest BCUT2D eigenvalue weighted by Gasteiger charge is 2.81. The molecule has 2 saturated heterocycles. The van der Waals surface area contributed by atoms with Gasteiger partial charge in [-0.15, -0.1) is 0 Å². The van der Waals surface area contributed by atoms with Crippen molar-refractivity contribution < 1.29 is 19.1 Å². The Morgan fingerprint density at radius 1 is 1.05 bits per heavy atom. The summed E-state index contributed by atoms with van der Waals surface area (Å²) in [5.41, 5.74) is 2.35. The summed E-state index contributed by atoms with van der Waals surface area (Å²) in [5, 5.41) is 6.27. The lowest BCUT2D eigenvalue weighted by molar-refractivity contribution is -0.137. The molecule has 2 N–H and O–H groups in total. The summed E-state index contributed by atoms with van der Waals surface area (Å²) in [6, 6.07) is 18.4. The van der Waals surface area contributed by atoms with Gasteiger partial charge in [-0.05, 0) is 62.6 Å². The van der Waals surface area contributed by atoms with Crippen molar-refractivity contribution in [2.75, 3.05) is 23.8 Å². The molecule has 2 amide bonds. The second-order valence-electron chi connectivity index (χ2n) is 11.3. The summed E-state index contributed by atoms with van der Waals surface area (Å²) in [5.74, 6) is -1.12. The SMILES string of the molecule is C=CCOc1ccccc1C(=O)[C@@H]1[C@H]2CCCN2[C@]2(C(=O)Nc3c(C)cc(C)cc32)[C@]12C(=O)Nc1ccccc12. The molecule has 7 rings (SSSR count). The van der Waals surface area contributed by atoms with Crippen LogP contribution in [0.3, 0.4) is 0 Å². The Labute approximate surface area is 233 Å². The summed E-state index contributed by atoms with van der Waals surface area (Å²) >= 11 is 0. The molecule has 0 aliphatic carbocycles. The maximum atomic E-state index is 14.9. The fraction of sp³-hybridized carbons (Fsp3) is 0.303. The Kier molecular flexibility index (Phi) is 5.35. The van der Waals surface area contributed by atoms with Crippen LogP contribution in [-0.4, -0.2) is 41.7 Å². The van der Waals surface area contributed by atoms with Crippen molar-refractivity contribution in [1.29, 1.82) is 0 Å². The molecule has 4 aliphatic heterocycles. The number of benzene rings is 3. The molecule has 0 unspecified atom stereocenters. The number of ether oxygens (including phenoxy) is 1. The monoisotopic (exact) mass is 533 g/mol. The van der Waals surface area contributed by atoms with Gasteiger partial charge in [0.25, 0.3) is 5.91 Å². The van der Waals surface area contributed by atoms with E-state index in [1.54, 1.807) is 18.2 Å². The molecular formula is C33H31N3O4. The van der Waals surface area contributed by atoms with Crippen molar-refractivity contribution in [3.63, 3.8) is 0 Å². The molecule has 40 heavy (non-hydrogen) atoms. The van der Waals surface area contributed by atoms with Gasteiger partial charge in [0.1, 0.15) is 23.3 Å². The van der Waals surface area contributed by atoms with Gasteiger partial charge < -0.3 is 15.4 Å². The minimum Gasteiger partial charge on any atom is -0.489 e. The molecule has 0 radical (unpaired) electrons. The van der Waals surface area contributed by atoms with E-state index in [1.807, 2.05) is 62.4 Å². The summed E-state index contributed by atoms with van der Waals surface area (Å²) in [4.78, 5) is 46.4. The van der Waals surface area contributed by atoms with Gasteiger partial charge in [-0.1, -0.05) is 60.7 Å². The average Bonchev–Trinajstić information content (AvgIpc) is 3.66. The number of anilines is 2. The van der Waals surface area contributed by atoms with E-state index in [1.165, 1.54) is 0 Å². The lowest BCUT2D eigenvalue weighted by Crippen LogP contribution is -2.62.